The molecule has 1 aromatic heterocycles. The van der Waals surface area contributed by atoms with Gasteiger partial charge in [0, 0.05) is 34.4 Å². The van der Waals surface area contributed by atoms with E-state index in [1.165, 1.54) is 36.5 Å². The molecule has 0 saturated carbocycles. The number of benzene rings is 2. The van der Waals surface area contributed by atoms with Gasteiger partial charge in [-0.25, -0.2) is 0 Å². The molecule has 3 rings (SSSR count). The highest BCUT2D eigenvalue weighted by Crippen LogP contribution is 2.18. The number of fused-ring (bicyclic) bond motifs is 1. The van der Waals surface area contributed by atoms with Gasteiger partial charge in [0.25, 0.3) is 11.6 Å². The van der Waals surface area contributed by atoms with Gasteiger partial charge in [-0.2, -0.15) is 0 Å². The molecule has 0 bridgehead atoms. The van der Waals surface area contributed by atoms with Gasteiger partial charge < -0.3 is 10.3 Å². The van der Waals surface area contributed by atoms with Crippen molar-refractivity contribution in [1.29, 1.82) is 0 Å². The van der Waals surface area contributed by atoms with Crippen molar-refractivity contribution in [2.75, 3.05) is 5.32 Å². The standard InChI is InChI=1S/C16H10ClN3O4/c17-9-4-5-12-14(6-9)18-8-13(15(12)21)16(22)19-10-2-1-3-11(7-10)20(23)24/h1-8H,(H,18,21)(H,19,22). The Morgan fingerprint density at radius 3 is 2.75 bits per heavy atom. The van der Waals surface area contributed by atoms with Gasteiger partial charge >= 0.3 is 0 Å². The summed E-state index contributed by atoms with van der Waals surface area (Å²) in [4.78, 5) is 37.8. The Hall–Kier alpha value is -3.19. The first-order valence-electron chi connectivity index (χ1n) is 6.82. The Morgan fingerprint density at radius 2 is 2.00 bits per heavy atom. The number of H-pyrrole nitrogens is 1. The Kier molecular flexibility index (Phi) is 4.01. The van der Waals surface area contributed by atoms with Crippen LogP contribution in [0.5, 0.6) is 0 Å². The van der Waals surface area contributed by atoms with Crippen LogP contribution in [-0.2, 0) is 0 Å². The molecule has 0 radical (unpaired) electrons. The quantitative estimate of drug-likeness (QED) is 0.562. The molecule has 0 saturated heterocycles. The number of carbonyl (C=O) groups excluding carboxylic acids is 1. The lowest BCUT2D eigenvalue weighted by molar-refractivity contribution is -0.384. The van der Waals surface area contributed by atoms with Gasteiger partial charge in [0.2, 0.25) is 5.43 Å². The van der Waals surface area contributed by atoms with E-state index in [-0.39, 0.29) is 16.9 Å². The average molecular weight is 344 g/mol. The SMILES string of the molecule is O=C(Nc1cccc([N+](=O)[O-])c1)c1c[nH]c2cc(Cl)ccc2c1=O. The summed E-state index contributed by atoms with van der Waals surface area (Å²) >= 11 is 5.86. The van der Waals surface area contributed by atoms with Crippen molar-refractivity contribution in [2.24, 2.45) is 0 Å². The zero-order chi connectivity index (χ0) is 17.3. The minimum Gasteiger partial charge on any atom is -0.360 e. The van der Waals surface area contributed by atoms with Crippen molar-refractivity contribution in [3.63, 3.8) is 0 Å². The summed E-state index contributed by atoms with van der Waals surface area (Å²) in [5, 5.41) is 14.0. The number of nitrogens with zero attached hydrogens (tertiary/aromatic N) is 1. The molecular formula is C16H10ClN3O4. The predicted molar refractivity (Wildman–Crippen MR) is 90.6 cm³/mol. The van der Waals surface area contributed by atoms with Crippen LogP contribution in [0.15, 0.2) is 53.5 Å². The topological polar surface area (TPSA) is 105 Å². The van der Waals surface area contributed by atoms with Crippen molar-refractivity contribution >= 4 is 39.8 Å². The number of non-ortho nitro benzene ring substituents is 1. The lowest BCUT2D eigenvalue weighted by Gasteiger charge is -2.06. The second-order valence-corrected chi connectivity index (χ2v) is 5.42. The highest BCUT2D eigenvalue weighted by Gasteiger charge is 2.14. The normalized spacial score (nSPS) is 10.5. The Balaban J connectivity index is 1.96. The summed E-state index contributed by atoms with van der Waals surface area (Å²) < 4.78 is 0. The molecule has 2 N–H and O–H groups in total. The largest absolute Gasteiger partial charge is 0.360 e. The Bertz CT molecular complexity index is 1030. The summed E-state index contributed by atoms with van der Waals surface area (Å²) in [6, 6.07) is 10.1. The number of carbonyl (C=O) groups is 1. The molecule has 0 aliphatic rings. The third kappa shape index (κ3) is 2.97. The Morgan fingerprint density at radius 1 is 1.21 bits per heavy atom. The zero-order valence-electron chi connectivity index (χ0n) is 12.1. The van der Waals surface area contributed by atoms with Crippen molar-refractivity contribution < 1.29 is 9.72 Å². The maximum atomic E-state index is 12.4. The molecule has 120 valence electrons. The third-order valence-electron chi connectivity index (χ3n) is 3.40. The molecule has 0 fully saturated rings. The van der Waals surface area contributed by atoms with Gasteiger partial charge in [-0.1, -0.05) is 17.7 Å². The van der Waals surface area contributed by atoms with E-state index in [0.717, 1.165) is 0 Å². The lowest BCUT2D eigenvalue weighted by atomic mass is 10.1. The third-order valence-corrected chi connectivity index (χ3v) is 3.64. The van der Waals surface area contributed by atoms with Crippen molar-refractivity contribution in [3.8, 4) is 0 Å². The molecule has 1 heterocycles. The van der Waals surface area contributed by atoms with Gasteiger partial charge in [-0.15, -0.1) is 0 Å². The van der Waals surface area contributed by atoms with Gasteiger partial charge in [-0.3, -0.25) is 19.7 Å². The monoisotopic (exact) mass is 343 g/mol. The zero-order valence-corrected chi connectivity index (χ0v) is 12.8. The van der Waals surface area contributed by atoms with Crippen molar-refractivity contribution in [2.45, 2.75) is 0 Å². The maximum Gasteiger partial charge on any atom is 0.271 e. The van der Waals surface area contributed by atoms with Crippen LogP contribution in [0, 0.1) is 10.1 Å². The highest BCUT2D eigenvalue weighted by molar-refractivity contribution is 6.31. The molecule has 0 unspecified atom stereocenters. The number of nitro groups is 1. The number of pyridine rings is 1. The first-order chi connectivity index (χ1) is 11.5. The van der Waals surface area contributed by atoms with Crippen LogP contribution in [0.2, 0.25) is 5.02 Å². The van der Waals surface area contributed by atoms with Gasteiger partial charge in [0.15, 0.2) is 0 Å². The summed E-state index contributed by atoms with van der Waals surface area (Å²) in [5.41, 5.74) is 0.0266. The van der Waals surface area contributed by atoms with E-state index in [1.807, 2.05) is 0 Å². The first kappa shape index (κ1) is 15.7. The number of aromatic amines is 1. The van der Waals surface area contributed by atoms with E-state index in [9.17, 15) is 19.7 Å². The maximum absolute atomic E-state index is 12.4. The minimum absolute atomic E-state index is 0.101. The number of rotatable bonds is 3. The minimum atomic E-state index is -0.659. The van der Waals surface area contributed by atoms with Crippen LogP contribution in [0.3, 0.4) is 0 Å². The van der Waals surface area contributed by atoms with E-state index in [4.69, 9.17) is 11.6 Å². The fraction of sp³-hybridized carbons (Fsp3) is 0. The van der Waals surface area contributed by atoms with Crippen LogP contribution >= 0.6 is 11.6 Å². The molecule has 1 amide bonds. The van der Waals surface area contributed by atoms with E-state index < -0.39 is 16.3 Å². The van der Waals surface area contributed by atoms with Crippen LogP contribution < -0.4 is 10.7 Å². The summed E-state index contributed by atoms with van der Waals surface area (Å²) in [6.45, 7) is 0. The van der Waals surface area contributed by atoms with Crippen LogP contribution in [0.1, 0.15) is 10.4 Å². The highest BCUT2D eigenvalue weighted by atomic mass is 35.5. The number of hydrogen-bond donors (Lipinski definition) is 2. The summed E-state index contributed by atoms with van der Waals surface area (Å²) in [6.07, 6.45) is 1.29. The molecule has 3 aromatic rings. The molecule has 8 heteroatoms. The van der Waals surface area contributed by atoms with E-state index >= 15 is 0 Å². The molecule has 7 nitrogen and oxygen atoms in total. The first-order valence-corrected chi connectivity index (χ1v) is 7.20. The number of aromatic nitrogens is 1. The summed E-state index contributed by atoms with van der Waals surface area (Å²) in [7, 11) is 0. The number of amides is 1. The van der Waals surface area contributed by atoms with E-state index in [0.29, 0.717) is 15.9 Å². The smallest absolute Gasteiger partial charge is 0.271 e. The fourth-order valence-corrected chi connectivity index (χ4v) is 2.43. The molecule has 0 atom stereocenters. The summed E-state index contributed by atoms with van der Waals surface area (Å²) in [5.74, 6) is -0.659. The number of nitrogens with one attached hydrogen (secondary N) is 2. The number of nitro benzene ring substituents is 1. The van der Waals surface area contributed by atoms with Gasteiger partial charge in [-0.05, 0) is 24.3 Å². The second-order valence-electron chi connectivity index (χ2n) is 4.98. The van der Waals surface area contributed by atoms with Crippen LogP contribution in [-0.4, -0.2) is 15.8 Å². The van der Waals surface area contributed by atoms with Crippen LogP contribution in [0.4, 0.5) is 11.4 Å². The van der Waals surface area contributed by atoms with E-state index in [2.05, 4.69) is 10.3 Å². The number of halogens is 1. The van der Waals surface area contributed by atoms with Crippen molar-refractivity contribution in [3.05, 3.63) is 79.6 Å². The van der Waals surface area contributed by atoms with Gasteiger partial charge in [0.05, 0.1) is 10.4 Å². The van der Waals surface area contributed by atoms with E-state index in [1.54, 1.807) is 12.1 Å². The fourth-order valence-electron chi connectivity index (χ4n) is 2.26. The van der Waals surface area contributed by atoms with Gasteiger partial charge in [0.1, 0.15) is 5.56 Å². The molecular weight excluding hydrogens is 334 g/mol. The Labute approximate surface area is 140 Å². The second kappa shape index (κ2) is 6.13. The molecule has 24 heavy (non-hydrogen) atoms. The molecule has 0 aliphatic heterocycles. The lowest BCUT2D eigenvalue weighted by Crippen LogP contribution is -2.21. The molecule has 0 spiro atoms. The van der Waals surface area contributed by atoms with Crippen LogP contribution in [0.25, 0.3) is 10.9 Å². The predicted octanol–water partition coefficient (Wildman–Crippen LogP) is 3.34. The number of hydrogen-bond acceptors (Lipinski definition) is 4. The molecule has 2 aromatic carbocycles. The number of anilines is 1. The van der Waals surface area contributed by atoms with Crippen molar-refractivity contribution in [1.82, 2.24) is 4.98 Å². The molecule has 0 aliphatic carbocycles. The average Bonchev–Trinajstić information content (AvgIpc) is 2.55.